The normalized spacial score (nSPS) is 12.9. The molecular weight excluding hydrogens is 234 g/mol. The number of aromatic nitrogens is 4. The van der Waals surface area contributed by atoms with Gasteiger partial charge in [-0.1, -0.05) is 6.92 Å². The molecule has 0 aromatic carbocycles. The zero-order valence-electron chi connectivity index (χ0n) is 10.3. The second-order valence-corrected chi connectivity index (χ2v) is 4.60. The van der Waals surface area contributed by atoms with E-state index in [0.717, 1.165) is 24.4 Å². The van der Waals surface area contributed by atoms with Crippen molar-refractivity contribution in [2.75, 3.05) is 6.54 Å². The van der Waals surface area contributed by atoms with E-state index in [9.17, 15) is 0 Å². The van der Waals surface area contributed by atoms with E-state index < -0.39 is 0 Å². The van der Waals surface area contributed by atoms with Crippen molar-refractivity contribution in [3.63, 3.8) is 0 Å². The number of nitrogens with one attached hydrogen (secondary N) is 1. The Morgan fingerprint density at radius 1 is 1.53 bits per heavy atom. The maximum absolute atomic E-state index is 4.36. The van der Waals surface area contributed by atoms with E-state index in [-0.39, 0.29) is 6.04 Å². The van der Waals surface area contributed by atoms with Crippen LogP contribution in [0.15, 0.2) is 12.3 Å². The molecule has 0 saturated carbocycles. The van der Waals surface area contributed by atoms with Crippen molar-refractivity contribution in [3.8, 4) is 0 Å². The largest absolute Gasteiger partial charge is 0.309 e. The van der Waals surface area contributed by atoms with Gasteiger partial charge in [0, 0.05) is 19.2 Å². The van der Waals surface area contributed by atoms with E-state index in [1.165, 1.54) is 17.4 Å². The van der Waals surface area contributed by atoms with Gasteiger partial charge in [0.25, 0.3) is 0 Å². The molecule has 0 amide bonds. The molecule has 0 saturated heterocycles. The average Bonchev–Trinajstić information content (AvgIpc) is 2.88. The Balaban J connectivity index is 2.15. The highest BCUT2D eigenvalue weighted by Crippen LogP contribution is 2.17. The van der Waals surface area contributed by atoms with Crippen LogP contribution in [-0.2, 0) is 13.5 Å². The third kappa shape index (κ3) is 2.89. The quantitative estimate of drug-likeness (QED) is 0.874. The Morgan fingerprint density at radius 2 is 2.35 bits per heavy atom. The Morgan fingerprint density at radius 3 is 2.88 bits per heavy atom. The minimum Gasteiger partial charge on any atom is -0.309 e. The first-order chi connectivity index (χ1) is 8.20. The number of aryl methyl sites for hydroxylation is 2. The standard InChI is InChI=1S/C11H17N5S/c1-4-12-10(11-7-13-17-15-11)6-9-5-8(2)14-16(9)3/h5,7,10,12H,4,6H2,1-3H3. The van der Waals surface area contributed by atoms with Gasteiger partial charge in [-0.2, -0.15) is 13.8 Å². The lowest BCUT2D eigenvalue weighted by atomic mass is 10.1. The van der Waals surface area contributed by atoms with Crippen LogP contribution in [0.1, 0.15) is 30.0 Å². The minimum absolute atomic E-state index is 0.216. The highest BCUT2D eigenvalue weighted by Gasteiger charge is 2.16. The third-order valence-corrected chi connectivity index (χ3v) is 3.19. The first kappa shape index (κ1) is 12.2. The van der Waals surface area contributed by atoms with Crippen molar-refractivity contribution in [3.05, 3.63) is 29.3 Å². The van der Waals surface area contributed by atoms with Crippen molar-refractivity contribution in [2.45, 2.75) is 26.3 Å². The molecule has 1 unspecified atom stereocenters. The van der Waals surface area contributed by atoms with Gasteiger partial charge in [-0.05, 0) is 19.5 Å². The molecule has 17 heavy (non-hydrogen) atoms. The van der Waals surface area contributed by atoms with Crippen LogP contribution in [0, 0.1) is 6.92 Å². The molecule has 2 aromatic heterocycles. The molecule has 2 aromatic rings. The van der Waals surface area contributed by atoms with Crippen LogP contribution in [0.2, 0.25) is 0 Å². The first-order valence-electron chi connectivity index (χ1n) is 5.71. The van der Waals surface area contributed by atoms with Crippen LogP contribution in [0.5, 0.6) is 0 Å². The topological polar surface area (TPSA) is 55.6 Å². The number of rotatable bonds is 5. The summed E-state index contributed by atoms with van der Waals surface area (Å²) in [6.07, 6.45) is 2.72. The minimum atomic E-state index is 0.216. The van der Waals surface area contributed by atoms with Gasteiger partial charge in [0.2, 0.25) is 0 Å². The lowest BCUT2D eigenvalue weighted by Crippen LogP contribution is -2.24. The molecule has 0 aliphatic rings. The molecule has 92 valence electrons. The molecular formula is C11H17N5S. The lowest BCUT2D eigenvalue weighted by molar-refractivity contribution is 0.520. The van der Waals surface area contributed by atoms with Crippen LogP contribution < -0.4 is 5.32 Å². The molecule has 0 aliphatic carbocycles. The van der Waals surface area contributed by atoms with Gasteiger partial charge in [0.1, 0.15) is 0 Å². The molecule has 6 heteroatoms. The third-order valence-electron chi connectivity index (χ3n) is 2.70. The monoisotopic (exact) mass is 251 g/mol. The number of hydrogen-bond acceptors (Lipinski definition) is 5. The number of hydrogen-bond donors (Lipinski definition) is 1. The van der Waals surface area contributed by atoms with Gasteiger partial charge in [-0.3, -0.25) is 4.68 Å². The van der Waals surface area contributed by atoms with Gasteiger partial charge in [-0.15, -0.1) is 0 Å². The van der Waals surface area contributed by atoms with Crippen molar-refractivity contribution >= 4 is 11.7 Å². The van der Waals surface area contributed by atoms with E-state index in [2.05, 4.69) is 32.2 Å². The van der Waals surface area contributed by atoms with Crippen LogP contribution in [-0.4, -0.2) is 25.1 Å². The molecule has 5 nitrogen and oxygen atoms in total. The summed E-state index contributed by atoms with van der Waals surface area (Å²) in [6.45, 7) is 5.02. The highest BCUT2D eigenvalue weighted by atomic mass is 32.1. The Kier molecular flexibility index (Phi) is 3.86. The zero-order chi connectivity index (χ0) is 12.3. The molecule has 2 rings (SSSR count). The summed E-state index contributed by atoms with van der Waals surface area (Å²) in [4.78, 5) is 0. The predicted molar refractivity (Wildman–Crippen MR) is 68.0 cm³/mol. The van der Waals surface area contributed by atoms with Crippen molar-refractivity contribution in [1.82, 2.24) is 23.8 Å². The van der Waals surface area contributed by atoms with Gasteiger partial charge < -0.3 is 5.32 Å². The summed E-state index contributed by atoms with van der Waals surface area (Å²) in [5, 5.41) is 7.79. The summed E-state index contributed by atoms with van der Waals surface area (Å²) in [5.41, 5.74) is 3.27. The summed E-state index contributed by atoms with van der Waals surface area (Å²) in [6, 6.07) is 2.33. The maximum atomic E-state index is 4.36. The molecule has 1 N–H and O–H groups in total. The summed E-state index contributed by atoms with van der Waals surface area (Å²) in [7, 11) is 1.98. The van der Waals surface area contributed by atoms with Crippen molar-refractivity contribution < 1.29 is 0 Å². The fourth-order valence-corrected chi connectivity index (χ4v) is 2.39. The molecule has 0 aliphatic heterocycles. The summed E-state index contributed by atoms with van der Waals surface area (Å²) >= 11 is 1.25. The molecule has 1 atom stereocenters. The highest BCUT2D eigenvalue weighted by molar-refractivity contribution is 6.99. The zero-order valence-corrected chi connectivity index (χ0v) is 11.2. The summed E-state index contributed by atoms with van der Waals surface area (Å²) in [5.74, 6) is 0. The van der Waals surface area contributed by atoms with Crippen LogP contribution in [0.3, 0.4) is 0 Å². The average molecular weight is 251 g/mol. The van der Waals surface area contributed by atoms with E-state index in [1.807, 2.05) is 24.9 Å². The smallest absolute Gasteiger partial charge is 0.0916 e. The van der Waals surface area contributed by atoms with Crippen LogP contribution in [0.4, 0.5) is 0 Å². The second kappa shape index (κ2) is 5.37. The molecule has 0 fully saturated rings. The SMILES string of the molecule is CCNC(Cc1cc(C)nn1C)c1cnsn1. The second-order valence-electron chi connectivity index (χ2n) is 4.05. The number of nitrogens with zero attached hydrogens (tertiary/aromatic N) is 4. The maximum Gasteiger partial charge on any atom is 0.0916 e. The molecule has 0 radical (unpaired) electrons. The Labute approximate surface area is 105 Å². The fraction of sp³-hybridized carbons (Fsp3) is 0.545. The van der Waals surface area contributed by atoms with E-state index >= 15 is 0 Å². The Hall–Kier alpha value is -1.27. The van der Waals surface area contributed by atoms with Crippen molar-refractivity contribution in [2.24, 2.45) is 7.05 Å². The van der Waals surface area contributed by atoms with Gasteiger partial charge in [-0.25, -0.2) is 0 Å². The fourth-order valence-electron chi connectivity index (χ4n) is 1.92. The molecule has 2 heterocycles. The van der Waals surface area contributed by atoms with Crippen LogP contribution >= 0.6 is 11.7 Å². The lowest BCUT2D eigenvalue weighted by Gasteiger charge is -2.15. The van der Waals surface area contributed by atoms with Crippen LogP contribution in [0.25, 0.3) is 0 Å². The Bertz CT molecular complexity index is 462. The van der Waals surface area contributed by atoms with Gasteiger partial charge in [0.05, 0.1) is 35.4 Å². The predicted octanol–water partition coefficient (Wildman–Crippen LogP) is 1.47. The number of likely N-dealkylation sites (N-methyl/N-ethyl adjacent to an activating group) is 1. The van der Waals surface area contributed by atoms with E-state index in [0.29, 0.717) is 0 Å². The van der Waals surface area contributed by atoms with Gasteiger partial charge >= 0.3 is 0 Å². The molecule has 0 spiro atoms. The van der Waals surface area contributed by atoms with Gasteiger partial charge in [0.15, 0.2) is 0 Å². The first-order valence-corrected chi connectivity index (χ1v) is 6.44. The van der Waals surface area contributed by atoms with Crippen molar-refractivity contribution in [1.29, 1.82) is 0 Å². The summed E-state index contributed by atoms with van der Waals surface area (Å²) < 4.78 is 10.3. The molecule has 0 bridgehead atoms. The van der Waals surface area contributed by atoms with E-state index in [1.54, 1.807) is 0 Å². The van der Waals surface area contributed by atoms with E-state index in [4.69, 9.17) is 0 Å².